The quantitative estimate of drug-likeness (QED) is 0.651. The Bertz CT molecular complexity index is 1150. The van der Waals surface area contributed by atoms with E-state index in [2.05, 4.69) is 9.97 Å². The zero-order chi connectivity index (χ0) is 21.5. The summed E-state index contributed by atoms with van der Waals surface area (Å²) in [6, 6.07) is 7.10. The second-order valence-corrected chi connectivity index (χ2v) is 11.0. The lowest BCUT2D eigenvalue weighted by atomic mass is 10.2. The van der Waals surface area contributed by atoms with Crippen LogP contribution in [0.25, 0.3) is 0 Å². The Kier molecular flexibility index (Phi) is 5.24. The zero-order valence-electron chi connectivity index (χ0n) is 16.2. The van der Waals surface area contributed by atoms with E-state index in [1.807, 2.05) is 4.90 Å². The van der Waals surface area contributed by atoms with Crippen LogP contribution >= 0.6 is 0 Å². The van der Waals surface area contributed by atoms with Crippen LogP contribution in [0.1, 0.15) is 6.92 Å². The summed E-state index contributed by atoms with van der Waals surface area (Å²) in [6.45, 7) is 3.02. The van der Waals surface area contributed by atoms with E-state index in [0.29, 0.717) is 19.0 Å². The number of anilines is 2. The highest BCUT2D eigenvalue weighted by Crippen LogP contribution is 2.29. The largest absolute Gasteiger partial charge is 0.338 e. The van der Waals surface area contributed by atoms with E-state index in [1.54, 1.807) is 25.4 Å². The molecule has 10 nitrogen and oxygen atoms in total. The maximum atomic E-state index is 13.0. The number of benzene rings is 1. The average molecular weight is 452 g/mol. The Labute approximate surface area is 175 Å². The van der Waals surface area contributed by atoms with Crippen LogP contribution < -0.4 is 9.21 Å². The Morgan fingerprint density at radius 2 is 1.60 bits per heavy atom. The van der Waals surface area contributed by atoms with Gasteiger partial charge in [-0.05, 0) is 30.3 Å². The third-order valence-corrected chi connectivity index (χ3v) is 8.92. The van der Waals surface area contributed by atoms with Crippen LogP contribution in [0, 0.1) is 5.92 Å². The minimum atomic E-state index is -3.75. The van der Waals surface area contributed by atoms with Gasteiger partial charge in [-0.3, -0.25) is 4.79 Å². The van der Waals surface area contributed by atoms with E-state index < -0.39 is 31.9 Å². The molecular weight excluding hydrogens is 430 g/mol. The third-order valence-electron chi connectivity index (χ3n) is 5.14. The second kappa shape index (κ2) is 7.60. The molecule has 12 heteroatoms. The molecule has 30 heavy (non-hydrogen) atoms. The molecule has 1 aromatic heterocycles. The first-order valence-electron chi connectivity index (χ1n) is 9.39. The summed E-state index contributed by atoms with van der Waals surface area (Å²) in [4.78, 5) is 22.5. The molecule has 2 fully saturated rings. The fourth-order valence-electron chi connectivity index (χ4n) is 3.57. The molecule has 0 radical (unpaired) electrons. The van der Waals surface area contributed by atoms with Gasteiger partial charge in [-0.2, -0.15) is 4.31 Å². The third kappa shape index (κ3) is 3.66. The first-order chi connectivity index (χ1) is 14.2. The van der Waals surface area contributed by atoms with Gasteiger partial charge in [0.15, 0.2) is 0 Å². The minimum Gasteiger partial charge on any atom is -0.338 e. The normalized spacial score (nSPS) is 22.4. The number of aromatic nitrogens is 2. The van der Waals surface area contributed by atoms with Crippen molar-refractivity contribution in [2.24, 2.45) is 5.92 Å². The van der Waals surface area contributed by atoms with Gasteiger partial charge < -0.3 is 4.90 Å². The molecule has 0 bridgehead atoms. The van der Waals surface area contributed by atoms with Gasteiger partial charge in [0.05, 0.1) is 22.3 Å². The molecule has 0 spiro atoms. The molecule has 0 unspecified atom stereocenters. The number of hydrogen-bond acceptors (Lipinski definition) is 8. The summed E-state index contributed by atoms with van der Waals surface area (Å²) < 4.78 is 52.5. The van der Waals surface area contributed by atoms with Crippen molar-refractivity contribution in [3.05, 3.63) is 42.7 Å². The fraction of sp³-hybridized carbons (Fsp3) is 0.389. The van der Waals surface area contributed by atoms with Crippen molar-refractivity contribution < 1.29 is 21.6 Å². The Hall–Kier alpha value is -2.57. The molecule has 2 aliphatic rings. The summed E-state index contributed by atoms with van der Waals surface area (Å²) >= 11 is 0. The maximum absolute atomic E-state index is 13.0. The van der Waals surface area contributed by atoms with Gasteiger partial charge in [-0.25, -0.2) is 31.1 Å². The molecule has 1 amide bonds. The lowest BCUT2D eigenvalue weighted by Crippen LogP contribution is -2.49. The van der Waals surface area contributed by atoms with E-state index in [9.17, 15) is 21.6 Å². The van der Waals surface area contributed by atoms with E-state index in [0.717, 1.165) is 4.31 Å². The number of nitrogens with zero attached hydrogens (tertiary/aromatic N) is 5. The van der Waals surface area contributed by atoms with Crippen molar-refractivity contribution >= 4 is 37.6 Å². The molecule has 0 N–H and O–H groups in total. The highest BCUT2D eigenvalue weighted by molar-refractivity contribution is 7.94. The number of piperazine rings is 1. The van der Waals surface area contributed by atoms with Crippen molar-refractivity contribution in [3.63, 3.8) is 0 Å². The Morgan fingerprint density at radius 3 is 2.13 bits per heavy atom. The highest BCUT2D eigenvalue weighted by Gasteiger charge is 2.42. The molecule has 2 aromatic rings. The van der Waals surface area contributed by atoms with Gasteiger partial charge >= 0.3 is 0 Å². The lowest BCUT2D eigenvalue weighted by molar-refractivity contribution is -0.119. The smallest absolute Gasteiger partial charge is 0.244 e. The van der Waals surface area contributed by atoms with Crippen molar-refractivity contribution in [1.29, 1.82) is 0 Å². The molecular formula is C18H21N5O5S2. The van der Waals surface area contributed by atoms with Crippen molar-refractivity contribution in [1.82, 2.24) is 14.3 Å². The molecule has 2 aliphatic heterocycles. The van der Waals surface area contributed by atoms with Crippen molar-refractivity contribution in [2.45, 2.75) is 11.8 Å². The molecule has 160 valence electrons. The first kappa shape index (κ1) is 20.7. The number of carbonyl (C=O) groups excluding carboxylic acids is 1. The average Bonchev–Trinajstić information content (AvgIpc) is 2.95. The summed E-state index contributed by atoms with van der Waals surface area (Å²) in [5, 5.41) is 0. The van der Waals surface area contributed by atoms with Crippen LogP contribution in [-0.4, -0.2) is 68.9 Å². The summed E-state index contributed by atoms with van der Waals surface area (Å²) in [6.07, 6.45) is 3.28. The molecule has 1 atom stereocenters. The van der Waals surface area contributed by atoms with E-state index in [1.165, 1.54) is 28.6 Å². The molecule has 2 saturated heterocycles. The molecule has 4 rings (SSSR count). The van der Waals surface area contributed by atoms with Gasteiger partial charge in [0.2, 0.25) is 31.9 Å². The molecule has 0 aliphatic carbocycles. The minimum absolute atomic E-state index is 0.0488. The lowest BCUT2D eigenvalue weighted by Gasteiger charge is -2.33. The number of sulfonamides is 2. The van der Waals surface area contributed by atoms with Crippen LogP contribution in [0.5, 0.6) is 0 Å². The maximum Gasteiger partial charge on any atom is 0.244 e. The van der Waals surface area contributed by atoms with Gasteiger partial charge in [-0.15, -0.1) is 0 Å². The summed E-state index contributed by atoms with van der Waals surface area (Å²) in [7, 11) is -7.48. The van der Waals surface area contributed by atoms with Crippen LogP contribution in [0.2, 0.25) is 0 Å². The SMILES string of the molecule is C[C@@H]1CS(=O)(=O)N(c2ccc(S(=O)(=O)N3CCN(c4ncccn4)CC3)cc2)C1=O. The van der Waals surface area contributed by atoms with E-state index in [4.69, 9.17) is 0 Å². The summed E-state index contributed by atoms with van der Waals surface area (Å²) in [5.74, 6) is -0.820. The number of hydrogen-bond donors (Lipinski definition) is 0. The van der Waals surface area contributed by atoms with Crippen molar-refractivity contribution in [3.8, 4) is 0 Å². The van der Waals surface area contributed by atoms with Crippen LogP contribution in [0.3, 0.4) is 0 Å². The van der Waals surface area contributed by atoms with Crippen LogP contribution in [-0.2, 0) is 24.8 Å². The number of amides is 1. The standard InChI is InChI=1S/C18H21N5O5S2/c1-14-13-29(25,26)23(17(14)24)15-3-5-16(6-4-15)30(27,28)22-11-9-21(10-12-22)18-19-7-2-8-20-18/h2-8,14H,9-13H2,1H3/t14-/m1/s1. The monoisotopic (exact) mass is 451 g/mol. The van der Waals surface area contributed by atoms with Gasteiger partial charge in [0.25, 0.3) is 0 Å². The fourth-order valence-corrected chi connectivity index (χ4v) is 6.82. The molecule has 3 heterocycles. The topological polar surface area (TPSA) is 121 Å². The van der Waals surface area contributed by atoms with Crippen molar-refractivity contribution in [2.75, 3.05) is 41.1 Å². The molecule has 0 saturated carbocycles. The van der Waals surface area contributed by atoms with Crippen LogP contribution in [0.4, 0.5) is 11.6 Å². The summed E-state index contributed by atoms with van der Waals surface area (Å²) in [5.41, 5.74) is 0.148. The van der Waals surface area contributed by atoms with E-state index in [-0.39, 0.29) is 29.4 Å². The van der Waals surface area contributed by atoms with Gasteiger partial charge in [0.1, 0.15) is 0 Å². The predicted molar refractivity (Wildman–Crippen MR) is 110 cm³/mol. The second-order valence-electron chi connectivity index (χ2n) is 7.22. The Morgan fingerprint density at radius 1 is 1.00 bits per heavy atom. The number of carbonyl (C=O) groups is 1. The van der Waals surface area contributed by atoms with E-state index >= 15 is 0 Å². The number of rotatable bonds is 4. The highest BCUT2D eigenvalue weighted by atomic mass is 32.2. The zero-order valence-corrected chi connectivity index (χ0v) is 17.9. The van der Waals surface area contributed by atoms with Gasteiger partial charge in [-0.1, -0.05) is 6.92 Å². The first-order valence-corrected chi connectivity index (χ1v) is 12.4. The Balaban J connectivity index is 1.50. The predicted octanol–water partition coefficient (Wildman–Crippen LogP) is 0.300. The molecule has 1 aromatic carbocycles. The van der Waals surface area contributed by atoms with Crippen LogP contribution in [0.15, 0.2) is 47.6 Å². The van der Waals surface area contributed by atoms with Gasteiger partial charge in [0, 0.05) is 38.6 Å².